The molecule has 0 radical (unpaired) electrons. The number of anilines is 1. The van der Waals surface area contributed by atoms with Gasteiger partial charge in [0, 0.05) is 48.6 Å². The first kappa shape index (κ1) is 19.9. The lowest BCUT2D eigenvalue weighted by Gasteiger charge is -2.24. The van der Waals surface area contributed by atoms with Crippen molar-refractivity contribution in [3.8, 4) is 0 Å². The van der Waals surface area contributed by atoms with Crippen molar-refractivity contribution in [2.24, 2.45) is 0 Å². The Morgan fingerprint density at radius 1 is 1.00 bits per heavy atom. The van der Waals surface area contributed by atoms with E-state index in [1.165, 1.54) is 22.0 Å². The number of likely N-dealkylation sites (N-methyl/N-ethyl adjacent to an activating group) is 1. The fourth-order valence-corrected chi connectivity index (χ4v) is 5.85. The maximum absolute atomic E-state index is 12.9. The lowest BCUT2D eigenvalue weighted by atomic mass is 9.83. The summed E-state index contributed by atoms with van der Waals surface area (Å²) in [5, 5.41) is 0. The second kappa shape index (κ2) is 7.11. The molecular formula is C23H26N2O3S. The Hall–Kier alpha value is -2.44. The third-order valence-corrected chi connectivity index (χ3v) is 7.96. The SMILES string of the molecule is CN1/C(=C/C(=O)c2ccc(S(=O)(=O)N3CCCC3)cc2)C(C)(C)c2ccccc21. The highest BCUT2D eigenvalue weighted by atomic mass is 32.2. The number of ketones is 1. The van der Waals surface area contributed by atoms with Gasteiger partial charge >= 0.3 is 0 Å². The maximum Gasteiger partial charge on any atom is 0.243 e. The van der Waals surface area contributed by atoms with E-state index in [-0.39, 0.29) is 16.1 Å². The summed E-state index contributed by atoms with van der Waals surface area (Å²) in [4.78, 5) is 15.2. The number of para-hydroxylation sites is 1. The van der Waals surface area contributed by atoms with Gasteiger partial charge in [-0.15, -0.1) is 0 Å². The van der Waals surface area contributed by atoms with E-state index in [4.69, 9.17) is 0 Å². The predicted molar refractivity (Wildman–Crippen MR) is 115 cm³/mol. The monoisotopic (exact) mass is 410 g/mol. The van der Waals surface area contributed by atoms with Crippen molar-refractivity contribution in [1.29, 1.82) is 0 Å². The fourth-order valence-electron chi connectivity index (χ4n) is 4.34. The van der Waals surface area contributed by atoms with Crippen LogP contribution >= 0.6 is 0 Å². The maximum atomic E-state index is 12.9. The van der Waals surface area contributed by atoms with Crippen LogP contribution in [0, 0.1) is 0 Å². The molecular weight excluding hydrogens is 384 g/mol. The second-order valence-corrected chi connectivity index (χ2v) is 10.2. The van der Waals surface area contributed by atoms with Gasteiger partial charge in [0.25, 0.3) is 0 Å². The minimum atomic E-state index is -3.47. The third kappa shape index (κ3) is 3.30. The first-order valence-electron chi connectivity index (χ1n) is 9.93. The van der Waals surface area contributed by atoms with Crippen molar-refractivity contribution < 1.29 is 13.2 Å². The molecule has 1 fully saturated rings. The molecule has 0 N–H and O–H groups in total. The zero-order valence-corrected chi connectivity index (χ0v) is 17.9. The molecule has 2 heterocycles. The number of rotatable bonds is 4. The van der Waals surface area contributed by atoms with E-state index in [9.17, 15) is 13.2 Å². The standard InChI is InChI=1S/C23H26N2O3S/c1-23(2)19-8-4-5-9-20(19)24(3)22(23)16-21(26)17-10-12-18(13-11-17)29(27,28)25-14-6-7-15-25/h4-5,8-13,16H,6-7,14-15H2,1-3H3/b22-16+. The molecule has 6 heteroatoms. The number of nitrogens with zero attached hydrogens (tertiary/aromatic N) is 2. The van der Waals surface area contributed by atoms with Crippen LogP contribution in [0.3, 0.4) is 0 Å². The van der Waals surface area contributed by atoms with E-state index in [1.54, 1.807) is 18.2 Å². The Morgan fingerprint density at radius 3 is 2.24 bits per heavy atom. The number of sulfonamides is 1. The average molecular weight is 411 g/mol. The minimum Gasteiger partial charge on any atom is -0.347 e. The predicted octanol–water partition coefficient (Wildman–Crippen LogP) is 3.97. The van der Waals surface area contributed by atoms with Gasteiger partial charge in [-0.25, -0.2) is 8.42 Å². The minimum absolute atomic E-state index is 0.127. The first-order valence-corrected chi connectivity index (χ1v) is 11.4. The van der Waals surface area contributed by atoms with Crippen LogP contribution in [0.5, 0.6) is 0 Å². The molecule has 0 atom stereocenters. The Morgan fingerprint density at radius 2 is 1.62 bits per heavy atom. The van der Waals surface area contributed by atoms with Crippen molar-refractivity contribution in [2.75, 3.05) is 25.0 Å². The van der Waals surface area contributed by atoms with Crippen LogP contribution in [-0.4, -0.2) is 38.6 Å². The Balaban J connectivity index is 1.61. The van der Waals surface area contributed by atoms with Crippen LogP contribution in [-0.2, 0) is 15.4 Å². The van der Waals surface area contributed by atoms with Crippen LogP contribution in [0.4, 0.5) is 5.69 Å². The number of hydrogen-bond donors (Lipinski definition) is 0. The van der Waals surface area contributed by atoms with Crippen molar-refractivity contribution in [3.05, 3.63) is 71.4 Å². The summed E-state index contributed by atoms with van der Waals surface area (Å²) in [6.45, 7) is 5.36. The van der Waals surface area contributed by atoms with E-state index in [0.29, 0.717) is 18.7 Å². The number of hydrogen-bond acceptors (Lipinski definition) is 4. The van der Waals surface area contributed by atoms with Crippen molar-refractivity contribution >= 4 is 21.5 Å². The molecule has 0 aliphatic carbocycles. The number of carbonyl (C=O) groups is 1. The summed E-state index contributed by atoms with van der Waals surface area (Å²) in [5.41, 5.74) is 3.42. The molecule has 0 aromatic heterocycles. The normalized spacial score (nSPS) is 20.2. The van der Waals surface area contributed by atoms with Gasteiger partial charge in [0.05, 0.1) is 4.90 Å². The molecule has 2 aromatic rings. The Kier molecular flexibility index (Phi) is 4.87. The van der Waals surface area contributed by atoms with E-state index >= 15 is 0 Å². The zero-order chi connectivity index (χ0) is 20.8. The lowest BCUT2D eigenvalue weighted by Crippen LogP contribution is -2.27. The van der Waals surface area contributed by atoms with Crippen molar-refractivity contribution in [1.82, 2.24) is 4.31 Å². The molecule has 2 aliphatic heterocycles. The Labute approximate surface area is 172 Å². The summed E-state index contributed by atoms with van der Waals surface area (Å²) in [7, 11) is -1.50. The second-order valence-electron chi connectivity index (χ2n) is 8.23. The van der Waals surface area contributed by atoms with Gasteiger partial charge < -0.3 is 4.90 Å². The van der Waals surface area contributed by atoms with E-state index in [2.05, 4.69) is 30.9 Å². The van der Waals surface area contributed by atoms with Crippen LogP contribution in [0.25, 0.3) is 0 Å². The topological polar surface area (TPSA) is 57.7 Å². The summed E-state index contributed by atoms with van der Waals surface area (Å²) in [5.74, 6) is -0.127. The highest BCUT2D eigenvalue weighted by Crippen LogP contribution is 2.46. The fraction of sp³-hybridized carbons (Fsp3) is 0.348. The summed E-state index contributed by atoms with van der Waals surface area (Å²) in [6, 6.07) is 14.5. The molecule has 0 amide bonds. The molecule has 2 aliphatic rings. The molecule has 152 valence electrons. The zero-order valence-electron chi connectivity index (χ0n) is 17.1. The van der Waals surface area contributed by atoms with Crippen LogP contribution in [0.1, 0.15) is 42.6 Å². The highest BCUT2D eigenvalue weighted by Gasteiger charge is 2.38. The summed E-state index contributed by atoms with van der Waals surface area (Å²) >= 11 is 0. The van der Waals surface area contributed by atoms with Gasteiger partial charge in [0.1, 0.15) is 0 Å². The number of fused-ring (bicyclic) bond motifs is 1. The van der Waals surface area contributed by atoms with Crippen molar-refractivity contribution in [3.63, 3.8) is 0 Å². The van der Waals surface area contributed by atoms with Crippen LogP contribution in [0.2, 0.25) is 0 Å². The van der Waals surface area contributed by atoms with Gasteiger partial charge in [0.15, 0.2) is 5.78 Å². The number of carbonyl (C=O) groups excluding carboxylic acids is 1. The van der Waals surface area contributed by atoms with Crippen LogP contribution in [0.15, 0.2) is 65.2 Å². The van der Waals surface area contributed by atoms with Gasteiger partial charge in [-0.3, -0.25) is 4.79 Å². The van der Waals surface area contributed by atoms with E-state index in [1.807, 2.05) is 19.2 Å². The molecule has 1 saturated heterocycles. The highest BCUT2D eigenvalue weighted by molar-refractivity contribution is 7.89. The molecule has 0 unspecified atom stereocenters. The lowest BCUT2D eigenvalue weighted by molar-refractivity contribution is 0.104. The van der Waals surface area contributed by atoms with Gasteiger partial charge in [0.2, 0.25) is 10.0 Å². The smallest absolute Gasteiger partial charge is 0.243 e. The average Bonchev–Trinajstić information content (AvgIpc) is 3.32. The number of benzene rings is 2. The summed E-state index contributed by atoms with van der Waals surface area (Å²) < 4.78 is 26.9. The Bertz CT molecular complexity index is 1080. The molecule has 0 spiro atoms. The van der Waals surface area contributed by atoms with Gasteiger partial charge in [-0.1, -0.05) is 32.0 Å². The quantitative estimate of drug-likeness (QED) is 0.565. The first-order chi connectivity index (χ1) is 13.7. The van der Waals surface area contributed by atoms with Gasteiger partial charge in [-0.05, 0) is 48.7 Å². The molecule has 0 saturated carbocycles. The van der Waals surface area contributed by atoms with Crippen LogP contribution < -0.4 is 4.90 Å². The third-order valence-electron chi connectivity index (χ3n) is 6.05. The molecule has 0 bridgehead atoms. The van der Waals surface area contributed by atoms with Crippen molar-refractivity contribution in [2.45, 2.75) is 37.0 Å². The van der Waals surface area contributed by atoms with E-state index < -0.39 is 10.0 Å². The van der Waals surface area contributed by atoms with E-state index in [0.717, 1.165) is 24.2 Å². The molecule has 4 rings (SSSR count). The number of allylic oxidation sites excluding steroid dienone is 2. The molecule has 5 nitrogen and oxygen atoms in total. The molecule has 2 aromatic carbocycles. The molecule has 29 heavy (non-hydrogen) atoms. The van der Waals surface area contributed by atoms with Gasteiger partial charge in [-0.2, -0.15) is 4.31 Å². The summed E-state index contributed by atoms with van der Waals surface area (Å²) in [6.07, 6.45) is 3.47. The largest absolute Gasteiger partial charge is 0.347 e.